The molecule has 1 heterocycles. The number of hydrogen-bond donors (Lipinski definition) is 0. The molecule has 1 unspecified atom stereocenters. The highest BCUT2D eigenvalue weighted by Crippen LogP contribution is 2.36. The molecule has 1 fully saturated rings. The summed E-state index contributed by atoms with van der Waals surface area (Å²) in [7, 11) is -1.25. The molecule has 1 atom stereocenters. The quantitative estimate of drug-likeness (QED) is 0.378. The minimum atomic E-state index is -1.25. The molecule has 2 aliphatic rings. The largest absolute Gasteiger partial charge is 0.361 e. The summed E-state index contributed by atoms with van der Waals surface area (Å²) >= 11 is 0. The van der Waals surface area contributed by atoms with Gasteiger partial charge in [0.15, 0.2) is 5.78 Å². The second-order valence-corrected chi connectivity index (χ2v) is 14.7. The number of carbonyl (C=O) groups excluding carboxylic acids is 3. The lowest BCUT2D eigenvalue weighted by Crippen LogP contribution is -2.49. The summed E-state index contributed by atoms with van der Waals surface area (Å²) in [5, 5.41) is 9.66. The fraction of sp³-hybridized carbons (Fsp3) is 0.684. The van der Waals surface area contributed by atoms with Crippen LogP contribution in [0.2, 0.25) is 25.7 Å². The van der Waals surface area contributed by atoms with Crippen molar-refractivity contribution in [2.45, 2.75) is 57.9 Å². The molecule has 0 bridgehead atoms. The molecular weight excluding hydrogens is 362 g/mol. The van der Waals surface area contributed by atoms with Gasteiger partial charge in [0.05, 0.1) is 11.5 Å². The average molecular weight is 392 g/mol. The van der Waals surface area contributed by atoms with Crippen molar-refractivity contribution in [1.29, 1.82) is 5.26 Å². The SMILES string of the molecule is CC1(C)C(=O)N(COCC[Si](C)(C)C)C(=O)N1CC1(C#N)C=CC(=O)CC1. The Morgan fingerprint density at radius 2 is 1.93 bits per heavy atom. The molecule has 0 saturated carbocycles. The van der Waals surface area contributed by atoms with E-state index in [2.05, 4.69) is 25.7 Å². The first-order valence-electron chi connectivity index (χ1n) is 9.27. The summed E-state index contributed by atoms with van der Waals surface area (Å²) in [6, 6.07) is 2.74. The van der Waals surface area contributed by atoms with Gasteiger partial charge in [0, 0.05) is 27.6 Å². The van der Waals surface area contributed by atoms with E-state index in [0.717, 1.165) is 10.9 Å². The zero-order valence-corrected chi connectivity index (χ0v) is 17.9. The van der Waals surface area contributed by atoms with Crippen LogP contribution in [0.3, 0.4) is 0 Å². The number of hydrogen-bond acceptors (Lipinski definition) is 5. The number of nitrogens with zero attached hydrogens (tertiary/aromatic N) is 3. The van der Waals surface area contributed by atoms with Crippen molar-refractivity contribution < 1.29 is 19.1 Å². The molecule has 148 valence electrons. The predicted octanol–water partition coefficient (Wildman–Crippen LogP) is 2.77. The fourth-order valence-electron chi connectivity index (χ4n) is 3.14. The lowest BCUT2D eigenvalue weighted by molar-refractivity contribution is -0.135. The van der Waals surface area contributed by atoms with Gasteiger partial charge in [-0.25, -0.2) is 9.69 Å². The van der Waals surface area contributed by atoms with Crippen LogP contribution in [0.25, 0.3) is 0 Å². The Morgan fingerprint density at radius 1 is 1.26 bits per heavy atom. The molecule has 3 amide bonds. The Bertz CT molecular complexity index is 705. The molecule has 0 aromatic carbocycles. The third-order valence-corrected chi connectivity index (χ3v) is 6.89. The summed E-state index contributed by atoms with van der Waals surface area (Å²) in [6.45, 7) is 10.6. The lowest BCUT2D eigenvalue weighted by atomic mass is 9.79. The molecule has 0 radical (unpaired) electrons. The van der Waals surface area contributed by atoms with E-state index >= 15 is 0 Å². The van der Waals surface area contributed by atoms with Crippen LogP contribution in [0, 0.1) is 16.7 Å². The molecular formula is C19H29N3O4Si. The molecule has 0 N–H and O–H groups in total. The molecule has 0 aromatic heterocycles. The predicted molar refractivity (Wildman–Crippen MR) is 103 cm³/mol. The first kappa shape index (κ1) is 21.3. The second-order valence-electron chi connectivity index (χ2n) is 9.08. The standard InChI is InChI=1S/C19H29N3O4Si/c1-18(2)16(24)21(14-26-10-11-27(3,4)5)17(25)22(18)13-19(12-20)8-6-15(23)7-9-19/h6,8H,7,9-11,13-14H2,1-5H3. The maximum absolute atomic E-state index is 12.9. The first-order chi connectivity index (χ1) is 12.4. The zero-order chi connectivity index (χ0) is 20.5. The number of rotatable bonds is 7. The van der Waals surface area contributed by atoms with E-state index in [1.807, 2.05) is 0 Å². The molecule has 0 spiro atoms. The highest BCUT2D eigenvalue weighted by Gasteiger charge is 2.53. The van der Waals surface area contributed by atoms with Crippen molar-refractivity contribution in [3.63, 3.8) is 0 Å². The fourth-order valence-corrected chi connectivity index (χ4v) is 3.90. The van der Waals surface area contributed by atoms with Crippen molar-refractivity contribution in [3.8, 4) is 6.07 Å². The Labute approximate surface area is 161 Å². The molecule has 8 heteroatoms. The smallest absolute Gasteiger partial charge is 0.329 e. The average Bonchev–Trinajstić information content (AvgIpc) is 2.74. The Balaban J connectivity index is 2.10. The van der Waals surface area contributed by atoms with Crippen LogP contribution in [0.15, 0.2) is 12.2 Å². The van der Waals surface area contributed by atoms with Crippen molar-refractivity contribution >= 4 is 25.8 Å². The maximum Gasteiger partial charge on any atom is 0.329 e. The van der Waals surface area contributed by atoms with Crippen LogP contribution in [-0.2, 0) is 14.3 Å². The van der Waals surface area contributed by atoms with E-state index in [-0.39, 0.29) is 31.4 Å². The summed E-state index contributed by atoms with van der Waals surface area (Å²) in [4.78, 5) is 39.7. The molecule has 1 aliphatic heterocycles. The second kappa shape index (κ2) is 7.56. The number of amides is 3. The maximum atomic E-state index is 12.9. The van der Waals surface area contributed by atoms with Gasteiger partial charge in [-0.05, 0) is 32.4 Å². The zero-order valence-electron chi connectivity index (χ0n) is 16.9. The summed E-state index contributed by atoms with van der Waals surface area (Å²) < 4.78 is 5.60. The molecule has 1 saturated heterocycles. The molecule has 7 nitrogen and oxygen atoms in total. The van der Waals surface area contributed by atoms with E-state index in [4.69, 9.17) is 4.74 Å². The van der Waals surface area contributed by atoms with E-state index in [1.165, 1.54) is 11.0 Å². The number of carbonyl (C=O) groups is 3. The van der Waals surface area contributed by atoms with Gasteiger partial charge in [0.25, 0.3) is 5.91 Å². The van der Waals surface area contributed by atoms with E-state index in [0.29, 0.717) is 13.0 Å². The number of urea groups is 1. The summed E-state index contributed by atoms with van der Waals surface area (Å²) in [5.74, 6) is -0.356. The topological polar surface area (TPSA) is 90.7 Å². The minimum Gasteiger partial charge on any atom is -0.361 e. The molecule has 27 heavy (non-hydrogen) atoms. The van der Waals surface area contributed by atoms with Crippen molar-refractivity contribution in [3.05, 3.63) is 12.2 Å². The molecule has 1 aliphatic carbocycles. The van der Waals surface area contributed by atoms with Crippen LogP contribution in [0.5, 0.6) is 0 Å². The Morgan fingerprint density at radius 3 is 2.44 bits per heavy atom. The molecule has 2 rings (SSSR count). The number of allylic oxidation sites excluding steroid dienone is 1. The van der Waals surface area contributed by atoms with Crippen LogP contribution >= 0.6 is 0 Å². The number of ether oxygens (including phenoxy) is 1. The van der Waals surface area contributed by atoms with Crippen molar-refractivity contribution in [2.24, 2.45) is 5.41 Å². The monoisotopic (exact) mass is 391 g/mol. The van der Waals surface area contributed by atoms with Gasteiger partial charge < -0.3 is 9.64 Å². The van der Waals surface area contributed by atoms with Gasteiger partial charge in [0.2, 0.25) is 0 Å². The lowest BCUT2D eigenvalue weighted by Gasteiger charge is -2.35. The first-order valence-corrected chi connectivity index (χ1v) is 13.0. The third-order valence-electron chi connectivity index (χ3n) is 5.19. The van der Waals surface area contributed by atoms with E-state index < -0.39 is 25.1 Å². The van der Waals surface area contributed by atoms with Crippen LogP contribution in [0.1, 0.15) is 26.7 Å². The van der Waals surface area contributed by atoms with E-state index in [1.54, 1.807) is 19.9 Å². The van der Waals surface area contributed by atoms with E-state index in [9.17, 15) is 19.6 Å². The number of imide groups is 1. The van der Waals surface area contributed by atoms with Gasteiger partial charge in [0.1, 0.15) is 12.3 Å². The minimum absolute atomic E-state index is 0.0265. The summed E-state index contributed by atoms with van der Waals surface area (Å²) in [5.41, 5.74) is -2.01. The Kier molecular flexibility index (Phi) is 5.97. The van der Waals surface area contributed by atoms with Gasteiger partial charge in [-0.3, -0.25) is 9.59 Å². The van der Waals surface area contributed by atoms with Crippen LogP contribution in [-0.4, -0.2) is 61.0 Å². The molecule has 0 aromatic rings. The van der Waals surface area contributed by atoms with Gasteiger partial charge in [-0.15, -0.1) is 0 Å². The van der Waals surface area contributed by atoms with Gasteiger partial charge in [-0.1, -0.05) is 25.7 Å². The van der Waals surface area contributed by atoms with Crippen LogP contribution in [0.4, 0.5) is 4.79 Å². The van der Waals surface area contributed by atoms with Gasteiger partial charge in [-0.2, -0.15) is 5.26 Å². The van der Waals surface area contributed by atoms with Crippen molar-refractivity contribution in [2.75, 3.05) is 19.9 Å². The van der Waals surface area contributed by atoms with Crippen LogP contribution < -0.4 is 0 Å². The number of ketones is 1. The van der Waals surface area contributed by atoms with Gasteiger partial charge >= 0.3 is 6.03 Å². The highest BCUT2D eigenvalue weighted by atomic mass is 28.3. The number of nitriles is 1. The third kappa shape index (κ3) is 4.65. The highest BCUT2D eigenvalue weighted by molar-refractivity contribution is 6.76. The Hall–Kier alpha value is -1.98. The summed E-state index contributed by atoms with van der Waals surface area (Å²) in [6.07, 6.45) is 3.59. The normalized spacial score (nSPS) is 25.3. The van der Waals surface area contributed by atoms with Crippen molar-refractivity contribution in [1.82, 2.24) is 9.80 Å².